The van der Waals surface area contributed by atoms with Crippen molar-refractivity contribution in [1.29, 1.82) is 0 Å². The molecule has 162 valence electrons. The number of rotatable bonds is 8. The second-order valence-electron chi connectivity index (χ2n) is 7.31. The van der Waals surface area contributed by atoms with Crippen molar-refractivity contribution in [2.45, 2.75) is 26.3 Å². The maximum absolute atomic E-state index is 12.8. The van der Waals surface area contributed by atoms with Gasteiger partial charge in [0, 0.05) is 24.6 Å². The van der Waals surface area contributed by atoms with E-state index in [0.717, 1.165) is 38.2 Å². The zero-order chi connectivity index (χ0) is 21.5. The second-order valence-corrected chi connectivity index (χ2v) is 7.71. The average Bonchev–Trinajstić information content (AvgIpc) is 2.75. The molecule has 0 unspecified atom stereocenters. The number of methoxy groups -OCH3 is 2. The van der Waals surface area contributed by atoms with Crippen molar-refractivity contribution in [2.75, 3.05) is 39.2 Å². The van der Waals surface area contributed by atoms with Gasteiger partial charge in [-0.3, -0.25) is 9.69 Å². The molecule has 6 nitrogen and oxygen atoms in total. The third-order valence-electron chi connectivity index (χ3n) is 5.31. The minimum absolute atomic E-state index is 0.00401. The van der Waals surface area contributed by atoms with Crippen LogP contribution in [0.3, 0.4) is 0 Å². The normalized spacial score (nSPS) is 14.9. The molecular formula is C23H29ClN2O4. The molecule has 0 radical (unpaired) electrons. The Balaban J connectivity index is 1.56. The number of anilines is 1. The second kappa shape index (κ2) is 10.5. The molecule has 1 fully saturated rings. The molecular weight excluding hydrogens is 404 g/mol. The highest BCUT2D eigenvalue weighted by Gasteiger charge is 2.26. The summed E-state index contributed by atoms with van der Waals surface area (Å²) in [4.78, 5) is 15.2. The van der Waals surface area contributed by atoms with Gasteiger partial charge in [-0.1, -0.05) is 23.7 Å². The van der Waals surface area contributed by atoms with Crippen LogP contribution >= 0.6 is 11.6 Å². The summed E-state index contributed by atoms with van der Waals surface area (Å²) in [5, 5.41) is 3.42. The van der Waals surface area contributed by atoms with Crippen LogP contribution in [-0.4, -0.2) is 44.7 Å². The smallest absolute Gasteiger partial charge is 0.227 e. The van der Waals surface area contributed by atoms with E-state index in [4.69, 9.17) is 25.8 Å². The van der Waals surface area contributed by atoms with Gasteiger partial charge in [0.15, 0.2) is 0 Å². The van der Waals surface area contributed by atoms with Crippen molar-refractivity contribution in [2.24, 2.45) is 5.92 Å². The summed E-state index contributed by atoms with van der Waals surface area (Å²) in [7, 11) is 3.09. The number of likely N-dealkylation sites (tertiary alicyclic amines) is 1. The largest absolute Gasteiger partial charge is 0.495 e. The van der Waals surface area contributed by atoms with Crippen molar-refractivity contribution in [3.05, 3.63) is 47.0 Å². The topological polar surface area (TPSA) is 60.0 Å². The molecule has 0 atom stereocenters. The average molecular weight is 433 g/mol. The number of hydrogen-bond donors (Lipinski definition) is 1. The molecule has 1 N–H and O–H groups in total. The molecule has 1 aliphatic heterocycles. The maximum Gasteiger partial charge on any atom is 0.227 e. The van der Waals surface area contributed by atoms with Crippen molar-refractivity contribution >= 4 is 23.2 Å². The number of benzene rings is 2. The van der Waals surface area contributed by atoms with Crippen LogP contribution in [0.1, 0.15) is 25.3 Å². The van der Waals surface area contributed by atoms with Gasteiger partial charge in [-0.15, -0.1) is 0 Å². The van der Waals surface area contributed by atoms with Crippen molar-refractivity contribution in [3.8, 4) is 17.2 Å². The summed E-state index contributed by atoms with van der Waals surface area (Å²) in [6.07, 6.45) is 1.62. The zero-order valence-corrected chi connectivity index (χ0v) is 18.5. The first-order chi connectivity index (χ1) is 14.5. The van der Waals surface area contributed by atoms with Crippen molar-refractivity contribution in [1.82, 2.24) is 4.90 Å². The molecule has 30 heavy (non-hydrogen) atoms. The van der Waals surface area contributed by atoms with Gasteiger partial charge < -0.3 is 19.5 Å². The summed E-state index contributed by atoms with van der Waals surface area (Å²) >= 11 is 6.14. The fourth-order valence-electron chi connectivity index (χ4n) is 3.70. The van der Waals surface area contributed by atoms with Crippen LogP contribution in [0.25, 0.3) is 0 Å². The number of piperidine rings is 1. The van der Waals surface area contributed by atoms with Gasteiger partial charge in [-0.25, -0.2) is 0 Å². The number of hydrogen-bond acceptors (Lipinski definition) is 5. The lowest BCUT2D eigenvalue weighted by Crippen LogP contribution is -2.37. The van der Waals surface area contributed by atoms with E-state index in [1.165, 1.54) is 5.56 Å². The summed E-state index contributed by atoms with van der Waals surface area (Å²) < 4.78 is 16.2. The van der Waals surface area contributed by atoms with Gasteiger partial charge in [0.1, 0.15) is 17.2 Å². The Morgan fingerprint density at radius 2 is 1.87 bits per heavy atom. The third kappa shape index (κ3) is 5.58. The molecule has 0 spiro atoms. The van der Waals surface area contributed by atoms with Gasteiger partial charge in [0.2, 0.25) is 5.91 Å². The standard InChI is InChI=1S/C23H29ClN2O4/c1-4-30-18-7-5-6-16(12-18)15-26-10-8-17(9-11-26)23(27)25-20-14-21(28-2)19(24)13-22(20)29-3/h5-7,12-14,17H,4,8-11,15H2,1-3H3,(H,25,27). The number of ether oxygens (including phenoxy) is 3. The Labute approximate surface area is 183 Å². The van der Waals surface area contributed by atoms with Crippen LogP contribution in [0.4, 0.5) is 5.69 Å². The first kappa shape index (κ1) is 22.2. The predicted octanol–water partition coefficient (Wildman–Crippen LogP) is 4.61. The van der Waals surface area contributed by atoms with Crippen LogP contribution in [0.5, 0.6) is 17.2 Å². The molecule has 0 aromatic heterocycles. The predicted molar refractivity (Wildman–Crippen MR) is 119 cm³/mol. The fraction of sp³-hybridized carbons (Fsp3) is 0.435. The van der Waals surface area contributed by atoms with Gasteiger partial charge in [-0.05, 0) is 50.6 Å². The van der Waals surface area contributed by atoms with E-state index in [9.17, 15) is 4.79 Å². The van der Waals surface area contributed by atoms with Crippen molar-refractivity contribution < 1.29 is 19.0 Å². The van der Waals surface area contributed by atoms with Crippen molar-refractivity contribution in [3.63, 3.8) is 0 Å². The Hall–Kier alpha value is -2.44. The quantitative estimate of drug-likeness (QED) is 0.660. The minimum Gasteiger partial charge on any atom is -0.495 e. The van der Waals surface area contributed by atoms with E-state index in [-0.39, 0.29) is 11.8 Å². The molecule has 2 aromatic carbocycles. The summed E-state index contributed by atoms with van der Waals surface area (Å²) in [6, 6.07) is 11.5. The lowest BCUT2D eigenvalue weighted by atomic mass is 9.95. The molecule has 1 aliphatic rings. The zero-order valence-electron chi connectivity index (χ0n) is 17.7. The van der Waals surface area contributed by atoms with Crippen LogP contribution in [0.2, 0.25) is 5.02 Å². The molecule has 2 aromatic rings. The van der Waals surface area contributed by atoms with Gasteiger partial charge in [-0.2, -0.15) is 0 Å². The lowest BCUT2D eigenvalue weighted by Gasteiger charge is -2.31. The highest BCUT2D eigenvalue weighted by Crippen LogP contribution is 2.36. The molecule has 1 saturated heterocycles. The van der Waals surface area contributed by atoms with Crippen LogP contribution in [-0.2, 0) is 11.3 Å². The highest BCUT2D eigenvalue weighted by molar-refractivity contribution is 6.32. The Kier molecular flexibility index (Phi) is 7.82. The first-order valence-corrected chi connectivity index (χ1v) is 10.6. The number of carbonyl (C=O) groups is 1. The monoisotopic (exact) mass is 432 g/mol. The first-order valence-electron chi connectivity index (χ1n) is 10.2. The molecule has 0 bridgehead atoms. The van der Waals surface area contributed by atoms with E-state index in [1.54, 1.807) is 26.4 Å². The van der Waals surface area contributed by atoms with Gasteiger partial charge in [0.05, 0.1) is 31.5 Å². The summed E-state index contributed by atoms with van der Waals surface area (Å²) in [5.41, 5.74) is 1.79. The number of amides is 1. The molecule has 0 saturated carbocycles. The van der Waals surface area contributed by atoms with E-state index >= 15 is 0 Å². The summed E-state index contributed by atoms with van der Waals surface area (Å²) in [6.45, 7) is 5.25. The Morgan fingerprint density at radius 1 is 1.13 bits per heavy atom. The van der Waals surface area contributed by atoms with E-state index in [0.29, 0.717) is 28.8 Å². The number of carbonyl (C=O) groups excluding carboxylic acids is 1. The Bertz CT molecular complexity index is 866. The van der Waals surface area contributed by atoms with Crippen LogP contribution < -0.4 is 19.5 Å². The maximum atomic E-state index is 12.8. The third-order valence-corrected chi connectivity index (χ3v) is 5.60. The number of nitrogens with zero attached hydrogens (tertiary/aromatic N) is 1. The van der Waals surface area contributed by atoms with Crippen LogP contribution in [0, 0.1) is 5.92 Å². The highest BCUT2D eigenvalue weighted by atomic mass is 35.5. The van der Waals surface area contributed by atoms with Crippen LogP contribution in [0.15, 0.2) is 36.4 Å². The van der Waals surface area contributed by atoms with E-state index < -0.39 is 0 Å². The molecule has 1 heterocycles. The lowest BCUT2D eigenvalue weighted by molar-refractivity contribution is -0.121. The van der Waals surface area contributed by atoms with Gasteiger partial charge >= 0.3 is 0 Å². The number of nitrogens with one attached hydrogen (secondary N) is 1. The van der Waals surface area contributed by atoms with Gasteiger partial charge in [0.25, 0.3) is 0 Å². The molecule has 3 rings (SSSR count). The van der Waals surface area contributed by atoms with E-state index in [1.807, 2.05) is 19.1 Å². The van der Waals surface area contributed by atoms with E-state index in [2.05, 4.69) is 22.3 Å². The Morgan fingerprint density at radius 3 is 2.53 bits per heavy atom. The fourth-order valence-corrected chi connectivity index (χ4v) is 3.94. The molecule has 0 aliphatic carbocycles. The molecule has 7 heteroatoms. The number of halogens is 1. The molecule has 1 amide bonds. The SMILES string of the molecule is CCOc1cccc(CN2CCC(C(=O)Nc3cc(OC)c(Cl)cc3OC)CC2)c1. The summed E-state index contributed by atoms with van der Waals surface area (Å²) in [5.74, 6) is 1.87. The minimum atomic E-state index is -0.0395.